The van der Waals surface area contributed by atoms with E-state index in [1.165, 1.54) is 37.3 Å². The summed E-state index contributed by atoms with van der Waals surface area (Å²) in [5, 5.41) is 19.2. The number of nitrogens with one attached hydrogen (secondary N) is 1. The molecule has 1 unspecified atom stereocenters. The molecule has 7 heteroatoms. The lowest BCUT2D eigenvalue weighted by atomic mass is 10.0. The molecule has 1 amide bonds. The van der Waals surface area contributed by atoms with E-state index in [0.29, 0.717) is 11.0 Å². The third kappa shape index (κ3) is 5.71. The molecule has 4 rings (SSSR count). The predicted octanol–water partition coefficient (Wildman–Crippen LogP) is 5.17. The van der Waals surface area contributed by atoms with E-state index in [0.717, 1.165) is 34.7 Å². The van der Waals surface area contributed by atoms with E-state index in [4.69, 9.17) is 27.9 Å². The van der Waals surface area contributed by atoms with E-state index in [9.17, 15) is 9.00 Å². The Kier molecular flexibility index (Phi) is 7.82. The van der Waals surface area contributed by atoms with Gasteiger partial charge >= 0.3 is 0 Å². The van der Waals surface area contributed by atoms with Gasteiger partial charge in [0.15, 0.2) is 0 Å². The Morgan fingerprint density at radius 2 is 1.81 bits per heavy atom. The van der Waals surface area contributed by atoms with Gasteiger partial charge in [-0.3, -0.25) is 9.00 Å². The van der Waals surface area contributed by atoms with Crippen molar-refractivity contribution < 1.29 is 14.1 Å². The number of benzene rings is 3. The van der Waals surface area contributed by atoms with Gasteiger partial charge in [-0.15, -0.1) is 0 Å². The fourth-order valence-corrected chi connectivity index (χ4v) is 5.55. The van der Waals surface area contributed by atoms with Crippen LogP contribution in [0.15, 0.2) is 54.6 Å². The fraction of sp³-hybridized carbons (Fsp3) is 0.250. The van der Waals surface area contributed by atoms with Crippen LogP contribution in [0.3, 0.4) is 0 Å². The van der Waals surface area contributed by atoms with Gasteiger partial charge < -0.3 is 16.2 Å². The molecule has 4 N–H and O–H groups in total. The molecule has 162 valence electrons. The van der Waals surface area contributed by atoms with Crippen LogP contribution in [0.1, 0.15) is 47.2 Å². The maximum atomic E-state index is 12.5. The first-order chi connectivity index (χ1) is 14.9. The first kappa shape index (κ1) is 23.0. The summed E-state index contributed by atoms with van der Waals surface area (Å²) >= 11 is 5.50. The minimum Gasteiger partial charge on any atom is -0.506 e. The van der Waals surface area contributed by atoms with Gasteiger partial charge in [0.25, 0.3) is 0 Å². The number of primary amides is 1. The number of nitrogens with two attached hydrogens (primary N) is 1. The van der Waals surface area contributed by atoms with Gasteiger partial charge in [0.2, 0.25) is 5.91 Å². The summed E-state index contributed by atoms with van der Waals surface area (Å²) < 4.78 is 12.5. The summed E-state index contributed by atoms with van der Waals surface area (Å²) in [5.41, 5.74) is 7.31. The molecule has 1 atom stereocenters. The molecule has 0 saturated heterocycles. The van der Waals surface area contributed by atoms with E-state index >= 15 is 0 Å². The summed E-state index contributed by atoms with van der Waals surface area (Å²) in [6.45, 7) is 0. The third-order valence-electron chi connectivity index (χ3n) is 5.41. The number of hydrogen-bond acceptors (Lipinski definition) is 4. The van der Waals surface area contributed by atoms with Gasteiger partial charge in [-0.05, 0) is 52.9 Å². The summed E-state index contributed by atoms with van der Waals surface area (Å²) in [6, 6.07) is 16.2. The van der Waals surface area contributed by atoms with Gasteiger partial charge in [-0.2, -0.15) is 0 Å². The normalized spacial score (nSPS) is 14.6. The molecule has 3 aromatic carbocycles. The van der Waals surface area contributed by atoms with Crippen LogP contribution in [0.25, 0.3) is 10.8 Å². The van der Waals surface area contributed by atoms with Crippen molar-refractivity contribution in [3.05, 3.63) is 76.3 Å². The monoisotopic (exact) mass is 456 g/mol. The molecular weight excluding hydrogens is 432 g/mol. The summed E-state index contributed by atoms with van der Waals surface area (Å²) in [5.74, 6) is 0.0206. The fourth-order valence-electron chi connectivity index (χ4n) is 3.72. The summed E-state index contributed by atoms with van der Waals surface area (Å²) in [7, 11) is -0.768. The van der Waals surface area contributed by atoms with E-state index < -0.39 is 16.7 Å². The highest BCUT2D eigenvalue weighted by Crippen LogP contribution is 2.28. The van der Waals surface area contributed by atoms with Crippen molar-refractivity contribution in [2.24, 2.45) is 5.73 Å². The molecule has 1 aliphatic rings. The Hall–Kier alpha value is -2.70. The zero-order valence-electron chi connectivity index (χ0n) is 17.0. The first-order valence-corrected chi connectivity index (χ1v) is 11.8. The first-order valence-electron chi connectivity index (χ1n) is 10.1. The predicted molar refractivity (Wildman–Crippen MR) is 128 cm³/mol. The van der Waals surface area contributed by atoms with Crippen LogP contribution in [0.2, 0.25) is 5.02 Å². The topological polar surface area (TPSA) is 104 Å². The lowest BCUT2D eigenvalue weighted by molar-refractivity contribution is 0.100. The lowest BCUT2D eigenvalue weighted by Crippen LogP contribution is -2.12. The maximum Gasteiger partial charge on any atom is 0.248 e. The van der Waals surface area contributed by atoms with Crippen molar-refractivity contribution in [2.75, 3.05) is 0 Å². The standard InChI is InChI=1S/C17H19NOS.C7H6ClNO2/c18-11-13-9-10-14(17-8-4-3-7-16(13)17)12-20(19)15-5-1-2-6-15;8-5-3-4(7(9)11)1-2-6(5)10/h3-4,7-11,15,18H,1-2,5-6,12H2;1-3,10H,(H2,9,11). The van der Waals surface area contributed by atoms with E-state index in [1.54, 1.807) is 0 Å². The van der Waals surface area contributed by atoms with E-state index in [2.05, 4.69) is 6.07 Å². The van der Waals surface area contributed by atoms with Crippen molar-refractivity contribution in [1.29, 1.82) is 5.41 Å². The van der Waals surface area contributed by atoms with Crippen molar-refractivity contribution in [2.45, 2.75) is 36.7 Å². The number of phenolic OH excluding ortho intramolecular Hbond substituents is 1. The molecule has 0 heterocycles. The van der Waals surface area contributed by atoms with Gasteiger partial charge in [0, 0.05) is 33.6 Å². The van der Waals surface area contributed by atoms with Crippen LogP contribution in [0.4, 0.5) is 0 Å². The third-order valence-corrected chi connectivity index (χ3v) is 7.52. The maximum absolute atomic E-state index is 12.5. The quantitative estimate of drug-likeness (QED) is 0.461. The number of carbonyl (C=O) groups excluding carboxylic acids is 1. The number of fused-ring (bicyclic) bond motifs is 1. The second kappa shape index (κ2) is 10.6. The average molecular weight is 457 g/mol. The highest BCUT2D eigenvalue weighted by atomic mass is 35.5. The number of phenols is 1. The highest BCUT2D eigenvalue weighted by Gasteiger charge is 2.22. The minimum atomic E-state index is -0.768. The number of hydrogen-bond donors (Lipinski definition) is 3. The van der Waals surface area contributed by atoms with Gasteiger partial charge in [-0.25, -0.2) is 0 Å². The van der Waals surface area contributed by atoms with Crippen LogP contribution >= 0.6 is 11.6 Å². The second-order valence-electron chi connectivity index (χ2n) is 7.47. The van der Waals surface area contributed by atoms with Crippen molar-refractivity contribution in [3.63, 3.8) is 0 Å². The Morgan fingerprint density at radius 3 is 2.42 bits per heavy atom. The number of rotatable bonds is 5. The number of halogens is 1. The van der Waals surface area contributed by atoms with Crippen molar-refractivity contribution in [1.82, 2.24) is 0 Å². The SMILES string of the molecule is N=Cc1ccc(CS(=O)C2CCCC2)c2ccccc12.NC(=O)c1ccc(O)c(Cl)c1. The van der Waals surface area contributed by atoms with Crippen LogP contribution in [-0.2, 0) is 16.6 Å². The van der Waals surface area contributed by atoms with Crippen molar-refractivity contribution in [3.8, 4) is 5.75 Å². The molecule has 1 aliphatic carbocycles. The average Bonchev–Trinajstić information content (AvgIpc) is 3.31. The molecular formula is C24H25ClN2O3S. The number of amides is 1. The zero-order chi connectivity index (χ0) is 22.4. The minimum absolute atomic E-state index is 0.0586. The zero-order valence-corrected chi connectivity index (χ0v) is 18.6. The number of aromatic hydroxyl groups is 1. The lowest BCUT2D eigenvalue weighted by Gasteiger charge is -2.12. The summed E-state index contributed by atoms with van der Waals surface area (Å²) in [6.07, 6.45) is 6.07. The molecule has 31 heavy (non-hydrogen) atoms. The van der Waals surface area contributed by atoms with Gasteiger partial charge in [0.05, 0.1) is 5.02 Å². The summed E-state index contributed by atoms with van der Waals surface area (Å²) in [4.78, 5) is 10.5. The van der Waals surface area contributed by atoms with Crippen molar-refractivity contribution >= 4 is 45.3 Å². The Labute approximate surface area is 189 Å². The Morgan fingerprint density at radius 1 is 1.13 bits per heavy atom. The Bertz CT molecular complexity index is 1130. The largest absolute Gasteiger partial charge is 0.506 e. The van der Waals surface area contributed by atoms with Gasteiger partial charge in [0.1, 0.15) is 5.75 Å². The molecule has 0 bridgehead atoms. The van der Waals surface area contributed by atoms with Gasteiger partial charge in [-0.1, -0.05) is 60.8 Å². The molecule has 3 aromatic rings. The van der Waals surface area contributed by atoms with Crippen LogP contribution < -0.4 is 5.73 Å². The number of carbonyl (C=O) groups is 1. The van der Waals surface area contributed by atoms with Crippen LogP contribution in [0, 0.1) is 5.41 Å². The van der Waals surface area contributed by atoms with Crippen LogP contribution in [0.5, 0.6) is 5.75 Å². The highest BCUT2D eigenvalue weighted by molar-refractivity contribution is 7.84. The second-order valence-corrected chi connectivity index (χ2v) is 9.59. The molecule has 0 aliphatic heterocycles. The molecule has 0 aromatic heterocycles. The molecule has 5 nitrogen and oxygen atoms in total. The molecule has 1 fully saturated rings. The molecule has 0 spiro atoms. The van der Waals surface area contributed by atoms with Crippen LogP contribution in [-0.4, -0.2) is 26.7 Å². The van der Waals surface area contributed by atoms with E-state index in [-0.39, 0.29) is 16.3 Å². The molecule has 1 saturated carbocycles. The molecule has 0 radical (unpaired) electrons. The smallest absolute Gasteiger partial charge is 0.248 e. The Balaban J connectivity index is 0.000000210. The van der Waals surface area contributed by atoms with E-state index in [1.807, 2.05) is 30.3 Å².